The van der Waals surface area contributed by atoms with Crippen molar-refractivity contribution in [3.8, 4) is 28.1 Å². The molecule has 1 unspecified atom stereocenters. The number of hydrogen-bond donors (Lipinski definition) is 4. The lowest BCUT2D eigenvalue weighted by atomic mass is 10.0. The summed E-state index contributed by atoms with van der Waals surface area (Å²) in [5.41, 5.74) is 2.84. The second-order valence-electron chi connectivity index (χ2n) is 8.72. The summed E-state index contributed by atoms with van der Waals surface area (Å²) in [5.74, 6) is -1.57. The molecule has 4 N–H and O–H groups in total. The number of H-pyrrole nitrogens is 1. The number of fused-ring (bicyclic) bond motifs is 1. The Hall–Kier alpha value is -5.22. The third-order valence-electron chi connectivity index (χ3n) is 6.09. The maximum absolute atomic E-state index is 13.7. The van der Waals surface area contributed by atoms with Crippen LogP contribution in [0, 0.1) is 0 Å². The number of benzene rings is 3. The van der Waals surface area contributed by atoms with Crippen LogP contribution in [0.25, 0.3) is 28.0 Å². The molecular formula is C29H24N4O6. The Labute approximate surface area is 222 Å². The molecule has 0 aliphatic heterocycles. The minimum Gasteiger partial charge on any atom is -0.489 e. The number of carbonyl (C=O) groups is 2. The molecular weight excluding hydrogens is 500 g/mol. The highest BCUT2D eigenvalue weighted by atomic mass is 16.5. The SMILES string of the molecule is O=C(NC(CO)C(=O)O)c1cc2[nH]c(-c3ccc(OCc4ccccc4)cc3)c(-c3ccccc3)c(=O)n2n1. The van der Waals surface area contributed by atoms with E-state index < -0.39 is 30.1 Å². The van der Waals surface area contributed by atoms with E-state index in [1.807, 2.05) is 72.8 Å². The highest BCUT2D eigenvalue weighted by Crippen LogP contribution is 2.30. The van der Waals surface area contributed by atoms with Crippen molar-refractivity contribution >= 4 is 17.5 Å². The van der Waals surface area contributed by atoms with E-state index in [9.17, 15) is 19.5 Å². The van der Waals surface area contributed by atoms with Gasteiger partial charge in [-0.2, -0.15) is 9.61 Å². The zero-order valence-corrected chi connectivity index (χ0v) is 20.6. The van der Waals surface area contributed by atoms with E-state index >= 15 is 0 Å². The quantitative estimate of drug-likeness (QED) is 0.232. The average Bonchev–Trinajstić information content (AvgIpc) is 3.41. The molecule has 0 bridgehead atoms. The molecule has 3 aromatic carbocycles. The third-order valence-corrected chi connectivity index (χ3v) is 6.09. The summed E-state index contributed by atoms with van der Waals surface area (Å²) in [6, 6.07) is 26.0. The van der Waals surface area contributed by atoms with Crippen LogP contribution >= 0.6 is 0 Å². The number of rotatable bonds is 9. The summed E-state index contributed by atoms with van der Waals surface area (Å²) in [5, 5.41) is 24.7. The normalized spacial score (nSPS) is 11.7. The fraction of sp³-hybridized carbons (Fsp3) is 0.103. The van der Waals surface area contributed by atoms with Crippen LogP contribution in [0.1, 0.15) is 16.1 Å². The van der Waals surface area contributed by atoms with Gasteiger partial charge in [-0.05, 0) is 41.0 Å². The molecule has 0 saturated carbocycles. The summed E-state index contributed by atoms with van der Waals surface area (Å²) in [7, 11) is 0. The Morgan fingerprint density at radius 1 is 0.949 bits per heavy atom. The van der Waals surface area contributed by atoms with Crippen LogP contribution in [0.3, 0.4) is 0 Å². The van der Waals surface area contributed by atoms with Crippen molar-refractivity contribution in [2.24, 2.45) is 0 Å². The van der Waals surface area contributed by atoms with Crippen LogP contribution in [0.2, 0.25) is 0 Å². The Morgan fingerprint density at radius 2 is 1.62 bits per heavy atom. The van der Waals surface area contributed by atoms with Gasteiger partial charge in [-0.1, -0.05) is 60.7 Å². The third kappa shape index (κ3) is 5.41. The monoisotopic (exact) mass is 524 g/mol. The molecule has 5 rings (SSSR count). The lowest BCUT2D eigenvalue weighted by Crippen LogP contribution is -2.43. The first-order valence-corrected chi connectivity index (χ1v) is 12.1. The van der Waals surface area contributed by atoms with Crippen LogP contribution in [0.4, 0.5) is 0 Å². The van der Waals surface area contributed by atoms with Crippen molar-refractivity contribution in [2.45, 2.75) is 12.6 Å². The van der Waals surface area contributed by atoms with Crippen molar-refractivity contribution in [2.75, 3.05) is 6.61 Å². The van der Waals surface area contributed by atoms with E-state index in [0.29, 0.717) is 34.7 Å². The van der Waals surface area contributed by atoms with E-state index in [4.69, 9.17) is 9.84 Å². The predicted molar refractivity (Wildman–Crippen MR) is 143 cm³/mol. The number of aromatic amines is 1. The van der Waals surface area contributed by atoms with Crippen molar-refractivity contribution < 1.29 is 24.5 Å². The molecule has 0 radical (unpaired) electrons. The Balaban J connectivity index is 1.53. The van der Waals surface area contributed by atoms with Gasteiger partial charge in [-0.3, -0.25) is 9.59 Å². The van der Waals surface area contributed by atoms with Gasteiger partial charge < -0.3 is 25.3 Å². The minimum atomic E-state index is -1.50. The van der Waals surface area contributed by atoms with Gasteiger partial charge in [0.1, 0.15) is 18.0 Å². The van der Waals surface area contributed by atoms with Crippen LogP contribution in [0.15, 0.2) is 95.8 Å². The molecule has 1 atom stereocenters. The van der Waals surface area contributed by atoms with E-state index in [2.05, 4.69) is 15.4 Å². The summed E-state index contributed by atoms with van der Waals surface area (Å²) in [6.45, 7) is -0.376. The van der Waals surface area contributed by atoms with Crippen molar-refractivity contribution in [1.29, 1.82) is 0 Å². The van der Waals surface area contributed by atoms with Crippen LogP contribution < -0.4 is 15.6 Å². The second kappa shape index (κ2) is 11.0. The van der Waals surface area contributed by atoms with E-state index in [0.717, 1.165) is 10.1 Å². The van der Waals surface area contributed by atoms with Crippen LogP contribution in [0.5, 0.6) is 5.75 Å². The van der Waals surface area contributed by atoms with Gasteiger partial charge in [-0.15, -0.1) is 0 Å². The first kappa shape index (κ1) is 25.4. The average molecular weight is 525 g/mol. The molecule has 0 fully saturated rings. The van der Waals surface area contributed by atoms with Crippen molar-refractivity contribution in [3.63, 3.8) is 0 Å². The number of aliphatic carboxylic acids is 1. The summed E-state index contributed by atoms with van der Waals surface area (Å²) >= 11 is 0. The number of aromatic nitrogens is 3. The molecule has 2 heterocycles. The molecule has 0 aliphatic rings. The number of carbonyl (C=O) groups excluding carboxylic acids is 1. The standard InChI is InChI=1S/C29H24N4O6/c34-16-23(29(37)38)30-27(35)22-15-24-31-26(25(28(36)33(24)32-22)19-9-5-2-6-10-19)20-11-13-21(14-12-20)39-17-18-7-3-1-4-8-18/h1-15,23,31,34H,16-17H2,(H,30,35)(H,37,38). The first-order valence-electron chi connectivity index (χ1n) is 12.1. The Morgan fingerprint density at radius 3 is 2.26 bits per heavy atom. The smallest absolute Gasteiger partial charge is 0.328 e. The maximum Gasteiger partial charge on any atom is 0.328 e. The summed E-state index contributed by atoms with van der Waals surface area (Å²) in [4.78, 5) is 40.7. The topological polar surface area (TPSA) is 146 Å². The zero-order valence-electron chi connectivity index (χ0n) is 20.6. The molecule has 10 heteroatoms. The lowest BCUT2D eigenvalue weighted by molar-refractivity contribution is -0.140. The number of carboxylic acid groups (broad SMARTS) is 1. The summed E-state index contributed by atoms with van der Waals surface area (Å²) < 4.78 is 6.95. The number of ether oxygens (including phenoxy) is 1. The van der Waals surface area contributed by atoms with Gasteiger partial charge in [0.2, 0.25) is 0 Å². The van der Waals surface area contributed by atoms with Crippen molar-refractivity contribution in [3.05, 3.63) is 113 Å². The number of hydrogen-bond acceptors (Lipinski definition) is 6. The van der Waals surface area contributed by atoms with E-state index in [1.54, 1.807) is 12.1 Å². The Bertz CT molecular complexity index is 1680. The van der Waals surface area contributed by atoms with Gasteiger partial charge in [0.05, 0.1) is 17.9 Å². The lowest BCUT2D eigenvalue weighted by Gasteiger charge is -2.12. The number of aliphatic hydroxyl groups excluding tert-OH is 1. The van der Waals surface area contributed by atoms with Gasteiger partial charge in [0.15, 0.2) is 11.7 Å². The number of carboxylic acids is 1. The fourth-order valence-corrected chi connectivity index (χ4v) is 4.10. The molecule has 196 valence electrons. The number of aliphatic hydroxyl groups is 1. The molecule has 5 aromatic rings. The predicted octanol–water partition coefficient (Wildman–Crippen LogP) is 3.11. The first-order chi connectivity index (χ1) is 18.9. The molecule has 2 aromatic heterocycles. The summed E-state index contributed by atoms with van der Waals surface area (Å²) in [6.07, 6.45) is 0. The van der Waals surface area contributed by atoms with Gasteiger partial charge >= 0.3 is 5.97 Å². The van der Waals surface area contributed by atoms with E-state index in [-0.39, 0.29) is 11.3 Å². The second-order valence-corrected chi connectivity index (χ2v) is 8.72. The number of amides is 1. The fourth-order valence-electron chi connectivity index (χ4n) is 4.10. The number of nitrogens with one attached hydrogen (secondary N) is 2. The van der Waals surface area contributed by atoms with Gasteiger partial charge in [0, 0.05) is 6.07 Å². The minimum absolute atomic E-state index is 0.177. The van der Waals surface area contributed by atoms with Crippen LogP contribution in [-0.4, -0.2) is 49.3 Å². The molecule has 10 nitrogen and oxygen atoms in total. The number of nitrogens with zero attached hydrogens (tertiary/aromatic N) is 2. The van der Waals surface area contributed by atoms with E-state index in [1.165, 1.54) is 6.07 Å². The molecule has 1 amide bonds. The molecule has 0 spiro atoms. The highest BCUT2D eigenvalue weighted by Gasteiger charge is 2.23. The maximum atomic E-state index is 13.7. The van der Waals surface area contributed by atoms with Gasteiger partial charge in [0.25, 0.3) is 11.5 Å². The molecule has 39 heavy (non-hydrogen) atoms. The highest BCUT2D eigenvalue weighted by molar-refractivity contribution is 5.96. The van der Waals surface area contributed by atoms with Crippen molar-refractivity contribution in [1.82, 2.24) is 19.9 Å². The van der Waals surface area contributed by atoms with Gasteiger partial charge in [-0.25, -0.2) is 4.79 Å². The Kier molecular flexibility index (Phi) is 7.19. The molecule has 0 aliphatic carbocycles. The molecule has 0 saturated heterocycles. The van der Waals surface area contributed by atoms with Crippen LogP contribution in [-0.2, 0) is 11.4 Å². The largest absolute Gasteiger partial charge is 0.489 e. The zero-order chi connectivity index (χ0) is 27.4.